The molecule has 0 radical (unpaired) electrons. The van der Waals surface area contributed by atoms with E-state index >= 15 is 0 Å². The molecule has 154 valence electrons. The van der Waals surface area contributed by atoms with Crippen molar-refractivity contribution in [1.29, 1.82) is 0 Å². The Morgan fingerprint density at radius 3 is 2.83 bits per heavy atom. The molecule has 0 saturated carbocycles. The van der Waals surface area contributed by atoms with Gasteiger partial charge in [0.15, 0.2) is 0 Å². The second-order valence-electron chi connectivity index (χ2n) is 6.53. The highest BCUT2D eigenvalue weighted by Gasteiger charge is 2.40. The maximum absolute atomic E-state index is 12.9. The summed E-state index contributed by atoms with van der Waals surface area (Å²) in [4.78, 5) is 12.7. The van der Waals surface area contributed by atoms with Crippen LogP contribution in [0.1, 0.15) is 18.5 Å². The van der Waals surface area contributed by atoms with Crippen molar-refractivity contribution in [3.8, 4) is 11.6 Å². The first-order valence-corrected chi connectivity index (χ1v) is 11.3. The largest absolute Gasteiger partial charge is 0.401 e. The normalized spacial score (nSPS) is 17.7. The van der Waals surface area contributed by atoms with Crippen molar-refractivity contribution in [2.45, 2.75) is 30.0 Å². The molecule has 3 aromatic rings. The van der Waals surface area contributed by atoms with Gasteiger partial charge in [-0.25, -0.2) is 8.42 Å². The maximum Gasteiger partial charge on any atom is 0.322 e. The smallest absolute Gasteiger partial charge is 0.322 e. The van der Waals surface area contributed by atoms with E-state index in [-0.39, 0.29) is 22.7 Å². The Morgan fingerprint density at radius 2 is 2.17 bits per heavy atom. The molecule has 4 heterocycles. The van der Waals surface area contributed by atoms with Gasteiger partial charge in [0.2, 0.25) is 5.91 Å². The number of halogens is 1. The average Bonchev–Trinajstić information content (AvgIpc) is 3.42. The van der Waals surface area contributed by atoms with E-state index in [9.17, 15) is 13.2 Å². The lowest BCUT2D eigenvalue weighted by molar-refractivity contribution is -0.119. The van der Waals surface area contributed by atoms with Gasteiger partial charge >= 0.3 is 6.01 Å². The first-order valence-electron chi connectivity index (χ1n) is 8.68. The third kappa shape index (κ3) is 3.80. The molecule has 1 fully saturated rings. The third-order valence-corrected chi connectivity index (χ3v) is 8.10. The Morgan fingerprint density at radius 1 is 1.38 bits per heavy atom. The Balaban J connectivity index is 1.52. The van der Waals surface area contributed by atoms with Crippen molar-refractivity contribution >= 4 is 44.9 Å². The molecule has 1 aliphatic rings. The van der Waals surface area contributed by atoms with E-state index in [0.717, 1.165) is 17.0 Å². The number of hydrogen-bond acceptors (Lipinski definition) is 8. The summed E-state index contributed by atoms with van der Waals surface area (Å²) < 4.78 is 34.5. The van der Waals surface area contributed by atoms with Gasteiger partial charge in [-0.1, -0.05) is 16.7 Å². The predicted octanol–water partition coefficient (Wildman–Crippen LogP) is 2.29. The molecule has 29 heavy (non-hydrogen) atoms. The van der Waals surface area contributed by atoms with Crippen LogP contribution >= 0.6 is 22.9 Å². The topological polar surface area (TPSA) is 123 Å². The number of carbonyl (C=O) groups excluding carboxylic acids is 1. The molecular formula is C16H17ClN6O4S2. The number of carbonyl (C=O) groups is 1. The highest BCUT2D eigenvalue weighted by molar-refractivity contribution is 7.91. The second-order valence-corrected chi connectivity index (χ2v) is 10.4. The van der Waals surface area contributed by atoms with Crippen LogP contribution in [0.25, 0.3) is 11.6 Å². The number of aryl methyl sites for hydroxylation is 2. The Labute approximate surface area is 175 Å². The monoisotopic (exact) mass is 456 g/mol. The van der Waals surface area contributed by atoms with Crippen LogP contribution in [0.3, 0.4) is 0 Å². The van der Waals surface area contributed by atoms with E-state index in [4.69, 9.17) is 16.0 Å². The summed E-state index contributed by atoms with van der Waals surface area (Å²) in [6, 6.07) is 3.76. The maximum atomic E-state index is 12.9. The minimum Gasteiger partial charge on any atom is -0.401 e. The fraction of sp³-hybridized carbons (Fsp3) is 0.375. The van der Waals surface area contributed by atoms with E-state index in [1.165, 1.54) is 16.4 Å². The zero-order valence-electron chi connectivity index (χ0n) is 15.5. The fourth-order valence-corrected chi connectivity index (χ4v) is 6.49. The van der Waals surface area contributed by atoms with Crippen LogP contribution in [-0.2, 0) is 21.9 Å². The molecule has 10 nitrogen and oxygen atoms in total. The first kappa shape index (κ1) is 20.0. The van der Waals surface area contributed by atoms with Crippen LogP contribution < -0.4 is 5.32 Å². The molecule has 1 amide bonds. The summed E-state index contributed by atoms with van der Waals surface area (Å²) in [5.74, 6) is -0.322. The highest BCUT2D eigenvalue weighted by atomic mass is 35.5. The number of rotatable bonds is 5. The Hall–Kier alpha value is -2.28. The summed E-state index contributed by atoms with van der Waals surface area (Å²) in [7, 11) is -2.08. The van der Waals surface area contributed by atoms with Crippen molar-refractivity contribution in [2.24, 2.45) is 7.05 Å². The Kier molecular flexibility index (Phi) is 5.19. The molecule has 3 aromatic heterocycles. The number of nitrogens with one attached hydrogen (secondary N) is 1. The summed E-state index contributed by atoms with van der Waals surface area (Å²) in [6.45, 7) is 2.08. The summed E-state index contributed by atoms with van der Waals surface area (Å²) in [5.41, 5.74) is 1.39. The molecular weight excluding hydrogens is 440 g/mol. The summed E-state index contributed by atoms with van der Waals surface area (Å²) in [5, 5.41) is 14.5. The van der Waals surface area contributed by atoms with Crippen LogP contribution in [-0.4, -0.2) is 51.2 Å². The molecule has 1 N–H and O–H groups in total. The molecule has 13 heteroatoms. The first-order chi connectivity index (χ1) is 13.8. The molecule has 1 saturated heterocycles. The van der Waals surface area contributed by atoms with Crippen LogP contribution in [0, 0.1) is 6.92 Å². The molecule has 0 spiro atoms. The summed E-state index contributed by atoms with van der Waals surface area (Å²) >= 11 is 6.83. The summed E-state index contributed by atoms with van der Waals surface area (Å²) in [6.07, 6.45) is 0.964. The van der Waals surface area contributed by atoms with E-state index in [1.54, 1.807) is 17.8 Å². The molecule has 0 bridgehead atoms. The molecule has 0 aliphatic carbocycles. The van der Waals surface area contributed by atoms with Crippen LogP contribution in [0.4, 0.5) is 6.01 Å². The number of thiophene rings is 1. The molecule has 1 unspecified atom stereocenters. The van der Waals surface area contributed by atoms with Gasteiger partial charge in [0.25, 0.3) is 15.9 Å². The zero-order chi connectivity index (χ0) is 20.8. The standard InChI is InChI=1S/C16H17ClN6O4S2/c1-9-8-11(22(2)21-9)15-19-20-16(27-15)18-14(24)10-4-3-7-23(10)29(25,26)13-6-5-12(17)28-13/h5-6,8,10H,3-4,7H2,1-2H3,(H,18,20,24). The quantitative estimate of drug-likeness (QED) is 0.624. The minimum atomic E-state index is -3.82. The van der Waals surface area contributed by atoms with Crippen molar-refractivity contribution in [1.82, 2.24) is 24.3 Å². The number of sulfonamides is 1. The number of nitrogens with zero attached hydrogens (tertiary/aromatic N) is 5. The Bertz CT molecular complexity index is 1170. The van der Waals surface area contributed by atoms with Crippen molar-refractivity contribution in [2.75, 3.05) is 11.9 Å². The molecule has 0 aromatic carbocycles. The van der Waals surface area contributed by atoms with Gasteiger partial charge < -0.3 is 4.42 Å². The van der Waals surface area contributed by atoms with Gasteiger partial charge in [-0.15, -0.1) is 16.4 Å². The highest BCUT2D eigenvalue weighted by Crippen LogP contribution is 2.32. The lowest BCUT2D eigenvalue weighted by Gasteiger charge is -2.21. The average molecular weight is 457 g/mol. The van der Waals surface area contributed by atoms with Gasteiger partial charge in [-0.2, -0.15) is 9.40 Å². The van der Waals surface area contributed by atoms with Gasteiger partial charge in [0, 0.05) is 13.6 Å². The van der Waals surface area contributed by atoms with Gasteiger partial charge in [0.1, 0.15) is 15.9 Å². The number of anilines is 1. The molecule has 1 aliphatic heterocycles. The number of amides is 1. The zero-order valence-corrected chi connectivity index (χ0v) is 17.9. The van der Waals surface area contributed by atoms with Gasteiger partial charge in [0.05, 0.1) is 10.0 Å². The van der Waals surface area contributed by atoms with E-state index in [0.29, 0.717) is 22.9 Å². The van der Waals surface area contributed by atoms with Crippen LogP contribution in [0.2, 0.25) is 4.34 Å². The molecule has 1 atom stereocenters. The van der Waals surface area contributed by atoms with Gasteiger partial charge in [-0.05, 0) is 38.0 Å². The van der Waals surface area contributed by atoms with Crippen LogP contribution in [0.15, 0.2) is 26.8 Å². The third-order valence-electron chi connectivity index (χ3n) is 4.49. The lowest BCUT2D eigenvalue weighted by Crippen LogP contribution is -2.42. The van der Waals surface area contributed by atoms with Crippen LogP contribution in [0.5, 0.6) is 0 Å². The number of hydrogen-bond donors (Lipinski definition) is 1. The molecule has 4 rings (SSSR count). The van der Waals surface area contributed by atoms with Crippen molar-refractivity contribution < 1.29 is 17.6 Å². The fourth-order valence-electron chi connectivity index (χ4n) is 3.22. The predicted molar refractivity (Wildman–Crippen MR) is 106 cm³/mol. The van der Waals surface area contributed by atoms with E-state index in [1.807, 2.05) is 6.92 Å². The number of aromatic nitrogens is 4. The lowest BCUT2D eigenvalue weighted by atomic mass is 10.2. The van der Waals surface area contributed by atoms with E-state index < -0.39 is 22.0 Å². The SMILES string of the molecule is Cc1cc(-c2nnc(NC(=O)C3CCCN3S(=O)(=O)c3ccc(Cl)s3)o2)n(C)n1. The van der Waals surface area contributed by atoms with E-state index in [2.05, 4.69) is 20.6 Å². The van der Waals surface area contributed by atoms with Gasteiger partial charge in [-0.3, -0.25) is 14.8 Å². The minimum absolute atomic E-state index is 0.104. The second kappa shape index (κ2) is 7.52. The van der Waals surface area contributed by atoms with Crippen molar-refractivity contribution in [3.05, 3.63) is 28.2 Å². The van der Waals surface area contributed by atoms with Crippen molar-refractivity contribution in [3.63, 3.8) is 0 Å².